The molecule has 0 radical (unpaired) electrons. The summed E-state index contributed by atoms with van der Waals surface area (Å²) in [5.74, 6) is 0.283. The molecule has 0 saturated carbocycles. The van der Waals surface area contributed by atoms with Crippen LogP contribution in [0.1, 0.15) is 60.8 Å². The van der Waals surface area contributed by atoms with Crippen molar-refractivity contribution in [2.24, 2.45) is 0 Å². The van der Waals surface area contributed by atoms with Gasteiger partial charge in [-0.05, 0) is 44.3 Å². The Morgan fingerprint density at radius 2 is 2.08 bits per heavy atom. The predicted octanol–water partition coefficient (Wildman–Crippen LogP) is 2.11. The molecule has 1 aliphatic rings. The second-order valence-corrected chi connectivity index (χ2v) is 6.88. The molecule has 134 valence electrons. The summed E-state index contributed by atoms with van der Waals surface area (Å²) >= 11 is 0. The van der Waals surface area contributed by atoms with E-state index in [-0.39, 0.29) is 11.9 Å². The predicted molar refractivity (Wildman–Crippen MR) is 95.1 cm³/mol. The van der Waals surface area contributed by atoms with Gasteiger partial charge in [-0.3, -0.25) is 9.89 Å². The van der Waals surface area contributed by atoms with Gasteiger partial charge in [0.05, 0.1) is 0 Å². The van der Waals surface area contributed by atoms with E-state index in [1.807, 2.05) is 11.0 Å². The maximum atomic E-state index is 13.2. The number of carbonyl (C=O) groups excluding carboxylic acids is 1. The van der Waals surface area contributed by atoms with Crippen molar-refractivity contribution in [2.45, 2.75) is 51.6 Å². The molecule has 1 saturated heterocycles. The Labute approximate surface area is 148 Å². The number of nitrogens with one attached hydrogen (secondary N) is 2. The molecule has 3 heterocycles. The quantitative estimate of drug-likeness (QED) is 0.869. The fourth-order valence-electron chi connectivity index (χ4n) is 3.18. The summed E-state index contributed by atoms with van der Waals surface area (Å²) in [5.41, 5.74) is 2.40. The van der Waals surface area contributed by atoms with E-state index in [0.29, 0.717) is 18.2 Å². The van der Waals surface area contributed by atoms with Gasteiger partial charge in [0.1, 0.15) is 12.0 Å². The molecule has 0 spiro atoms. The molecule has 1 fully saturated rings. The summed E-state index contributed by atoms with van der Waals surface area (Å²) in [6, 6.07) is 2.07. The third kappa shape index (κ3) is 4.42. The standard InChI is InChI=1S/C18H26N6O/c1-13(2)16-8-17(23-22-16)18(25)24(11-14-9-20-12-21-10-14)15-4-3-6-19-7-5-15/h8-10,12-13,15,19H,3-7,11H2,1-2H3,(H,22,23)/t15-/m0/s1. The zero-order valence-electron chi connectivity index (χ0n) is 14.9. The maximum Gasteiger partial charge on any atom is 0.274 e. The first-order valence-electron chi connectivity index (χ1n) is 8.96. The van der Waals surface area contributed by atoms with Crippen LogP contribution < -0.4 is 5.32 Å². The fraction of sp³-hybridized carbons (Fsp3) is 0.556. The van der Waals surface area contributed by atoms with Crippen LogP contribution in [0.3, 0.4) is 0 Å². The van der Waals surface area contributed by atoms with E-state index in [2.05, 4.69) is 39.3 Å². The van der Waals surface area contributed by atoms with Crippen molar-refractivity contribution in [3.63, 3.8) is 0 Å². The van der Waals surface area contributed by atoms with Crippen molar-refractivity contribution in [3.05, 3.63) is 41.7 Å². The molecule has 0 aromatic carbocycles. The van der Waals surface area contributed by atoms with Crippen molar-refractivity contribution >= 4 is 5.91 Å². The van der Waals surface area contributed by atoms with Gasteiger partial charge in [0.25, 0.3) is 5.91 Å². The third-order valence-corrected chi connectivity index (χ3v) is 4.65. The van der Waals surface area contributed by atoms with E-state index < -0.39 is 0 Å². The monoisotopic (exact) mass is 342 g/mol. The topological polar surface area (TPSA) is 86.8 Å². The van der Waals surface area contributed by atoms with Crippen molar-refractivity contribution in [1.29, 1.82) is 0 Å². The van der Waals surface area contributed by atoms with E-state index in [4.69, 9.17) is 0 Å². The zero-order valence-corrected chi connectivity index (χ0v) is 14.9. The van der Waals surface area contributed by atoms with Gasteiger partial charge in [0.15, 0.2) is 0 Å². The van der Waals surface area contributed by atoms with Gasteiger partial charge in [0.2, 0.25) is 0 Å². The minimum atomic E-state index is -0.0288. The number of amides is 1. The number of aromatic nitrogens is 4. The van der Waals surface area contributed by atoms with Gasteiger partial charge >= 0.3 is 0 Å². The van der Waals surface area contributed by atoms with Crippen LogP contribution in [-0.2, 0) is 6.54 Å². The van der Waals surface area contributed by atoms with Crippen molar-refractivity contribution < 1.29 is 4.79 Å². The van der Waals surface area contributed by atoms with Crippen molar-refractivity contribution in [2.75, 3.05) is 13.1 Å². The SMILES string of the molecule is CC(C)c1cc(C(=O)N(Cc2cncnc2)[C@H]2CCCNCC2)n[nH]1. The van der Waals surface area contributed by atoms with E-state index in [1.165, 1.54) is 6.33 Å². The molecule has 3 rings (SSSR count). The molecular weight excluding hydrogens is 316 g/mol. The second-order valence-electron chi connectivity index (χ2n) is 6.88. The Kier molecular flexibility index (Phi) is 5.75. The summed E-state index contributed by atoms with van der Waals surface area (Å²) in [6.07, 6.45) is 8.05. The van der Waals surface area contributed by atoms with Crippen molar-refractivity contribution in [3.8, 4) is 0 Å². The lowest BCUT2D eigenvalue weighted by Crippen LogP contribution is -2.40. The Bertz CT molecular complexity index is 676. The molecule has 1 atom stereocenters. The van der Waals surface area contributed by atoms with E-state index in [0.717, 1.165) is 43.6 Å². The number of H-pyrrole nitrogens is 1. The highest BCUT2D eigenvalue weighted by Gasteiger charge is 2.27. The van der Waals surface area contributed by atoms with Gasteiger partial charge in [-0.15, -0.1) is 0 Å². The van der Waals surface area contributed by atoms with E-state index in [9.17, 15) is 4.79 Å². The zero-order chi connectivity index (χ0) is 17.6. The van der Waals surface area contributed by atoms with Gasteiger partial charge in [-0.1, -0.05) is 13.8 Å². The van der Waals surface area contributed by atoms with Crippen LogP contribution in [0.15, 0.2) is 24.8 Å². The summed E-state index contributed by atoms with van der Waals surface area (Å²) in [4.78, 5) is 23.3. The average Bonchev–Trinajstić information content (AvgIpc) is 2.97. The van der Waals surface area contributed by atoms with Crippen LogP contribution >= 0.6 is 0 Å². The van der Waals surface area contributed by atoms with Crippen LogP contribution in [-0.4, -0.2) is 50.1 Å². The van der Waals surface area contributed by atoms with Gasteiger partial charge in [-0.2, -0.15) is 5.10 Å². The summed E-state index contributed by atoms with van der Waals surface area (Å²) in [6.45, 7) is 6.61. The number of nitrogens with zero attached hydrogens (tertiary/aromatic N) is 4. The second kappa shape index (κ2) is 8.20. The number of hydrogen-bond acceptors (Lipinski definition) is 5. The molecular formula is C18H26N6O. The highest BCUT2D eigenvalue weighted by molar-refractivity contribution is 5.92. The van der Waals surface area contributed by atoms with Crippen LogP contribution in [0.4, 0.5) is 0 Å². The smallest absolute Gasteiger partial charge is 0.274 e. The van der Waals surface area contributed by atoms with Crippen LogP contribution in [0.25, 0.3) is 0 Å². The summed E-state index contributed by atoms with van der Waals surface area (Å²) < 4.78 is 0. The lowest BCUT2D eigenvalue weighted by atomic mass is 10.1. The summed E-state index contributed by atoms with van der Waals surface area (Å²) in [5, 5.41) is 10.6. The van der Waals surface area contributed by atoms with Crippen molar-refractivity contribution in [1.82, 2.24) is 30.4 Å². The maximum absolute atomic E-state index is 13.2. The lowest BCUT2D eigenvalue weighted by molar-refractivity contribution is 0.0638. The normalized spacial score (nSPS) is 18.1. The molecule has 7 nitrogen and oxygen atoms in total. The Hall–Kier alpha value is -2.28. The van der Waals surface area contributed by atoms with Gasteiger partial charge in [-0.25, -0.2) is 9.97 Å². The average molecular weight is 342 g/mol. The van der Waals surface area contributed by atoms with E-state index in [1.54, 1.807) is 12.4 Å². The number of aromatic amines is 1. The Morgan fingerprint density at radius 1 is 1.28 bits per heavy atom. The van der Waals surface area contributed by atoms with Gasteiger partial charge < -0.3 is 10.2 Å². The number of hydrogen-bond donors (Lipinski definition) is 2. The molecule has 0 unspecified atom stereocenters. The number of rotatable bonds is 5. The molecule has 25 heavy (non-hydrogen) atoms. The summed E-state index contributed by atoms with van der Waals surface area (Å²) in [7, 11) is 0. The molecule has 1 amide bonds. The highest BCUT2D eigenvalue weighted by atomic mass is 16.2. The minimum Gasteiger partial charge on any atom is -0.330 e. The lowest BCUT2D eigenvalue weighted by Gasteiger charge is -2.30. The molecule has 0 aliphatic carbocycles. The van der Waals surface area contributed by atoms with Gasteiger partial charge in [0, 0.05) is 36.2 Å². The van der Waals surface area contributed by atoms with Crippen LogP contribution in [0.5, 0.6) is 0 Å². The molecule has 2 aromatic heterocycles. The van der Waals surface area contributed by atoms with E-state index >= 15 is 0 Å². The molecule has 7 heteroatoms. The fourth-order valence-corrected chi connectivity index (χ4v) is 3.18. The molecule has 0 bridgehead atoms. The van der Waals surface area contributed by atoms with Crippen LogP contribution in [0, 0.1) is 0 Å². The molecule has 2 N–H and O–H groups in total. The third-order valence-electron chi connectivity index (χ3n) is 4.65. The minimum absolute atomic E-state index is 0.0288. The first-order chi connectivity index (χ1) is 12.1. The first kappa shape index (κ1) is 17.5. The Balaban J connectivity index is 1.84. The van der Waals surface area contributed by atoms with Crippen LogP contribution in [0.2, 0.25) is 0 Å². The number of carbonyl (C=O) groups is 1. The highest BCUT2D eigenvalue weighted by Crippen LogP contribution is 2.20. The molecule has 2 aromatic rings. The Morgan fingerprint density at radius 3 is 2.80 bits per heavy atom. The largest absolute Gasteiger partial charge is 0.330 e. The first-order valence-corrected chi connectivity index (χ1v) is 8.96. The molecule has 1 aliphatic heterocycles.